The first-order valence-electron chi connectivity index (χ1n) is 9.39. The van der Waals surface area contributed by atoms with Crippen molar-refractivity contribution in [3.63, 3.8) is 0 Å². The van der Waals surface area contributed by atoms with Crippen LogP contribution in [0, 0.1) is 6.92 Å². The molecule has 0 spiro atoms. The highest BCUT2D eigenvalue weighted by molar-refractivity contribution is 5.51. The van der Waals surface area contributed by atoms with Gasteiger partial charge >= 0.3 is 0 Å². The molecule has 6 heteroatoms. The SMILES string of the molecule is Cc1ccncc1CN1CCCC(c2ccnc(Nc3cnccn3)c2)C1. The smallest absolute Gasteiger partial charge is 0.150 e. The van der Waals surface area contributed by atoms with Crippen LogP contribution < -0.4 is 5.32 Å². The van der Waals surface area contributed by atoms with Gasteiger partial charge in [-0.1, -0.05) is 0 Å². The van der Waals surface area contributed by atoms with Gasteiger partial charge in [-0.15, -0.1) is 0 Å². The minimum absolute atomic E-state index is 0.515. The van der Waals surface area contributed by atoms with Crippen molar-refractivity contribution < 1.29 is 0 Å². The molecule has 3 aromatic heterocycles. The van der Waals surface area contributed by atoms with Gasteiger partial charge in [0.25, 0.3) is 0 Å². The van der Waals surface area contributed by atoms with Crippen LogP contribution in [-0.2, 0) is 6.54 Å². The number of aromatic nitrogens is 4. The minimum Gasteiger partial charge on any atom is -0.324 e. The third-order valence-corrected chi connectivity index (χ3v) is 5.12. The molecule has 0 aliphatic carbocycles. The Kier molecular flexibility index (Phi) is 5.34. The highest BCUT2D eigenvalue weighted by Gasteiger charge is 2.22. The van der Waals surface area contributed by atoms with E-state index in [1.54, 1.807) is 18.6 Å². The van der Waals surface area contributed by atoms with Crippen molar-refractivity contribution >= 4 is 11.6 Å². The number of aryl methyl sites for hydroxylation is 1. The van der Waals surface area contributed by atoms with Gasteiger partial charge in [-0.3, -0.25) is 14.9 Å². The average Bonchev–Trinajstić information content (AvgIpc) is 2.71. The van der Waals surface area contributed by atoms with E-state index in [-0.39, 0.29) is 0 Å². The zero-order valence-electron chi connectivity index (χ0n) is 15.5. The number of rotatable bonds is 5. The topological polar surface area (TPSA) is 66.8 Å². The van der Waals surface area contributed by atoms with Crippen molar-refractivity contribution in [1.82, 2.24) is 24.8 Å². The lowest BCUT2D eigenvalue weighted by Crippen LogP contribution is -2.34. The van der Waals surface area contributed by atoms with Crippen LogP contribution in [0.5, 0.6) is 0 Å². The van der Waals surface area contributed by atoms with Crippen LogP contribution in [0.4, 0.5) is 11.6 Å². The summed E-state index contributed by atoms with van der Waals surface area (Å²) in [6, 6.07) is 6.35. The van der Waals surface area contributed by atoms with Crippen molar-refractivity contribution in [3.8, 4) is 0 Å². The predicted octanol–water partition coefficient (Wildman–Crippen LogP) is 3.70. The van der Waals surface area contributed by atoms with E-state index in [1.165, 1.54) is 29.5 Å². The van der Waals surface area contributed by atoms with Gasteiger partial charge in [0.2, 0.25) is 0 Å². The second-order valence-corrected chi connectivity index (χ2v) is 7.07. The summed E-state index contributed by atoms with van der Waals surface area (Å²) >= 11 is 0. The van der Waals surface area contributed by atoms with Crippen LogP contribution in [0.15, 0.2) is 55.4 Å². The molecule has 3 aromatic rings. The summed E-state index contributed by atoms with van der Waals surface area (Å²) in [5.74, 6) is 2.04. The fourth-order valence-electron chi connectivity index (χ4n) is 3.64. The number of hydrogen-bond acceptors (Lipinski definition) is 6. The third-order valence-electron chi connectivity index (χ3n) is 5.12. The molecule has 1 unspecified atom stereocenters. The molecule has 1 aliphatic rings. The van der Waals surface area contributed by atoms with Gasteiger partial charge in [0.15, 0.2) is 0 Å². The molecule has 4 heterocycles. The molecule has 1 atom stereocenters. The zero-order valence-corrected chi connectivity index (χ0v) is 15.5. The van der Waals surface area contributed by atoms with Crippen LogP contribution in [0.2, 0.25) is 0 Å². The van der Waals surface area contributed by atoms with E-state index in [2.05, 4.69) is 55.3 Å². The Morgan fingerprint density at radius 2 is 1.93 bits per heavy atom. The van der Waals surface area contributed by atoms with Crippen molar-refractivity contribution in [2.45, 2.75) is 32.2 Å². The number of nitrogens with zero attached hydrogens (tertiary/aromatic N) is 5. The number of anilines is 2. The van der Waals surface area contributed by atoms with Crippen molar-refractivity contribution in [2.75, 3.05) is 18.4 Å². The Balaban J connectivity index is 1.45. The van der Waals surface area contributed by atoms with E-state index in [9.17, 15) is 0 Å². The molecule has 138 valence electrons. The van der Waals surface area contributed by atoms with Crippen LogP contribution in [0.3, 0.4) is 0 Å². The summed E-state index contributed by atoms with van der Waals surface area (Å²) in [6.45, 7) is 5.32. The van der Waals surface area contributed by atoms with Gasteiger partial charge in [-0.2, -0.15) is 0 Å². The Labute approximate surface area is 159 Å². The molecule has 4 rings (SSSR count). The first kappa shape index (κ1) is 17.5. The first-order chi connectivity index (χ1) is 13.3. The molecular weight excluding hydrogens is 336 g/mol. The summed E-state index contributed by atoms with van der Waals surface area (Å²) in [7, 11) is 0. The Hall–Kier alpha value is -2.86. The van der Waals surface area contributed by atoms with E-state index in [0.29, 0.717) is 11.7 Å². The van der Waals surface area contributed by atoms with Crippen LogP contribution in [0.25, 0.3) is 0 Å². The standard InChI is InChI=1S/C21H24N6/c1-16-4-6-22-12-19(16)15-27-10-2-3-18(14-27)17-5-7-24-20(11-17)26-21-13-23-8-9-25-21/h4-9,11-13,18H,2-3,10,14-15H2,1H3,(H,24,25,26). The van der Waals surface area contributed by atoms with Gasteiger partial charge in [-0.05, 0) is 67.1 Å². The lowest BCUT2D eigenvalue weighted by Gasteiger charge is -2.33. The van der Waals surface area contributed by atoms with Crippen molar-refractivity contribution in [2.24, 2.45) is 0 Å². The van der Waals surface area contributed by atoms with Gasteiger partial charge in [-0.25, -0.2) is 9.97 Å². The molecule has 0 amide bonds. The number of piperidine rings is 1. The highest BCUT2D eigenvalue weighted by Crippen LogP contribution is 2.29. The maximum absolute atomic E-state index is 4.43. The third kappa shape index (κ3) is 4.46. The van der Waals surface area contributed by atoms with E-state index >= 15 is 0 Å². The number of likely N-dealkylation sites (tertiary alicyclic amines) is 1. The second-order valence-electron chi connectivity index (χ2n) is 7.07. The normalized spacial score (nSPS) is 17.6. The second kappa shape index (κ2) is 8.22. The lowest BCUT2D eigenvalue weighted by molar-refractivity contribution is 0.199. The number of nitrogens with one attached hydrogen (secondary N) is 1. The predicted molar refractivity (Wildman–Crippen MR) is 106 cm³/mol. The first-order valence-corrected chi connectivity index (χ1v) is 9.39. The molecule has 1 N–H and O–H groups in total. The fourth-order valence-corrected chi connectivity index (χ4v) is 3.64. The maximum Gasteiger partial charge on any atom is 0.150 e. The van der Waals surface area contributed by atoms with Crippen LogP contribution >= 0.6 is 0 Å². The average molecular weight is 360 g/mol. The van der Waals surface area contributed by atoms with E-state index in [4.69, 9.17) is 0 Å². The van der Waals surface area contributed by atoms with E-state index < -0.39 is 0 Å². The molecule has 6 nitrogen and oxygen atoms in total. The molecule has 1 saturated heterocycles. The Morgan fingerprint density at radius 1 is 1.04 bits per heavy atom. The van der Waals surface area contributed by atoms with E-state index in [0.717, 1.165) is 25.5 Å². The Bertz CT molecular complexity index is 883. The molecule has 1 fully saturated rings. The number of hydrogen-bond donors (Lipinski definition) is 1. The zero-order chi connectivity index (χ0) is 18.5. The lowest BCUT2D eigenvalue weighted by atomic mass is 9.91. The van der Waals surface area contributed by atoms with Crippen molar-refractivity contribution in [3.05, 3.63) is 72.1 Å². The molecule has 0 bridgehead atoms. The largest absolute Gasteiger partial charge is 0.324 e. The van der Waals surface area contributed by atoms with Gasteiger partial charge < -0.3 is 5.32 Å². The van der Waals surface area contributed by atoms with Crippen LogP contribution in [-0.4, -0.2) is 37.9 Å². The molecule has 0 radical (unpaired) electrons. The summed E-state index contributed by atoms with van der Waals surface area (Å²) < 4.78 is 0. The maximum atomic E-state index is 4.43. The monoisotopic (exact) mass is 360 g/mol. The summed E-state index contributed by atoms with van der Waals surface area (Å²) in [5, 5.41) is 3.24. The quantitative estimate of drug-likeness (QED) is 0.748. The molecular formula is C21H24N6. The summed E-state index contributed by atoms with van der Waals surface area (Å²) in [5.41, 5.74) is 3.95. The fraction of sp³-hybridized carbons (Fsp3) is 0.333. The summed E-state index contributed by atoms with van der Waals surface area (Å²) in [6.07, 6.45) is 13.2. The molecule has 27 heavy (non-hydrogen) atoms. The van der Waals surface area contributed by atoms with E-state index in [1.807, 2.05) is 18.6 Å². The molecule has 0 saturated carbocycles. The van der Waals surface area contributed by atoms with Gasteiger partial charge in [0.05, 0.1) is 6.20 Å². The summed E-state index contributed by atoms with van der Waals surface area (Å²) in [4.78, 5) is 19.6. The van der Waals surface area contributed by atoms with Gasteiger partial charge in [0, 0.05) is 44.1 Å². The molecule has 0 aromatic carbocycles. The number of pyridine rings is 2. The molecule has 1 aliphatic heterocycles. The highest BCUT2D eigenvalue weighted by atomic mass is 15.1. The van der Waals surface area contributed by atoms with Crippen LogP contribution in [0.1, 0.15) is 35.4 Å². The Morgan fingerprint density at radius 3 is 2.78 bits per heavy atom. The van der Waals surface area contributed by atoms with Gasteiger partial charge in [0.1, 0.15) is 11.6 Å². The van der Waals surface area contributed by atoms with Crippen molar-refractivity contribution in [1.29, 1.82) is 0 Å². The minimum atomic E-state index is 0.515.